The molecule has 1 saturated carbocycles. The Bertz CT molecular complexity index is 912. The van der Waals surface area contributed by atoms with E-state index >= 15 is 0 Å². The van der Waals surface area contributed by atoms with Crippen molar-refractivity contribution >= 4 is 69.8 Å². The standard InChI is InChI=1S/C10H11F3N2S3.C6H4ClF3N2S2/c11-7(8(12)13)3-4-16-9-14-15-10(18-9)17-5-6-1-2-6;7-5-11-6(14-12-5)13-2-1-3(8)4(9)10/h6H,1-5H2;1-2H2. The summed E-state index contributed by atoms with van der Waals surface area (Å²) < 4.78 is 77.5. The van der Waals surface area contributed by atoms with Gasteiger partial charge in [-0.2, -0.15) is 26.9 Å². The Kier molecular flexibility index (Phi) is 12.8. The van der Waals surface area contributed by atoms with E-state index in [1.165, 1.54) is 35.9 Å². The summed E-state index contributed by atoms with van der Waals surface area (Å²) in [6.45, 7) is 0. The van der Waals surface area contributed by atoms with Crippen molar-refractivity contribution in [2.24, 2.45) is 5.92 Å². The van der Waals surface area contributed by atoms with Gasteiger partial charge < -0.3 is 0 Å². The van der Waals surface area contributed by atoms with Crippen LogP contribution in [0.3, 0.4) is 0 Å². The highest BCUT2D eigenvalue weighted by molar-refractivity contribution is 8.03. The fourth-order valence-corrected chi connectivity index (χ4v) is 6.71. The molecular formula is C16H15ClF6N4S5. The zero-order valence-corrected chi connectivity index (χ0v) is 20.8. The smallest absolute Gasteiger partial charge is 0.206 e. The summed E-state index contributed by atoms with van der Waals surface area (Å²) in [5.41, 5.74) is 0. The zero-order valence-electron chi connectivity index (χ0n) is 16.0. The summed E-state index contributed by atoms with van der Waals surface area (Å²) in [7, 11) is 0. The van der Waals surface area contributed by atoms with E-state index in [4.69, 9.17) is 11.6 Å². The summed E-state index contributed by atoms with van der Waals surface area (Å²) in [5, 5.41) is 8.06. The first-order valence-electron chi connectivity index (χ1n) is 8.85. The van der Waals surface area contributed by atoms with Gasteiger partial charge in [-0.3, -0.25) is 0 Å². The van der Waals surface area contributed by atoms with Crippen LogP contribution in [0.15, 0.2) is 36.8 Å². The number of thioether (sulfide) groups is 3. The van der Waals surface area contributed by atoms with Crippen LogP contribution in [0.4, 0.5) is 26.3 Å². The van der Waals surface area contributed by atoms with Crippen LogP contribution >= 0.6 is 69.8 Å². The minimum atomic E-state index is -2.26. The molecule has 1 aliphatic carbocycles. The molecule has 3 rings (SSSR count). The van der Waals surface area contributed by atoms with Crippen LogP contribution in [0.2, 0.25) is 5.28 Å². The average Bonchev–Trinajstić information content (AvgIpc) is 3.32. The first-order chi connectivity index (χ1) is 15.2. The second kappa shape index (κ2) is 14.7. The van der Waals surface area contributed by atoms with Crippen LogP contribution in [0, 0.1) is 5.92 Å². The molecule has 0 amide bonds. The second-order valence-corrected chi connectivity index (χ2v) is 12.0. The molecular weight excluding hydrogens is 558 g/mol. The number of allylic oxidation sites excluding steroid dienone is 2. The summed E-state index contributed by atoms with van der Waals surface area (Å²) in [6, 6.07) is 0. The van der Waals surface area contributed by atoms with Gasteiger partial charge in [-0.1, -0.05) is 46.6 Å². The number of halogens is 7. The van der Waals surface area contributed by atoms with E-state index in [0.29, 0.717) is 8.68 Å². The lowest BCUT2D eigenvalue weighted by atomic mass is 10.4. The molecule has 0 atom stereocenters. The maximum absolute atomic E-state index is 12.5. The van der Waals surface area contributed by atoms with Gasteiger partial charge in [0.1, 0.15) is 0 Å². The third kappa shape index (κ3) is 11.6. The predicted molar refractivity (Wildman–Crippen MR) is 120 cm³/mol. The third-order valence-corrected chi connectivity index (χ3v) is 8.94. The van der Waals surface area contributed by atoms with Crippen molar-refractivity contribution in [2.75, 3.05) is 17.3 Å². The van der Waals surface area contributed by atoms with E-state index < -0.39 is 23.8 Å². The van der Waals surface area contributed by atoms with Crippen molar-refractivity contribution in [3.8, 4) is 0 Å². The fourth-order valence-electron chi connectivity index (χ4n) is 1.68. The summed E-state index contributed by atoms with van der Waals surface area (Å²) in [6.07, 6.45) is -2.47. The second-order valence-electron chi connectivity index (χ2n) is 5.95. The van der Waals surface area contributed by atoms with Gasteiger partial charge in [-0.05, 0) is 41.9 Å². The minimum absolute atomic E-state index is 0.116. The van der Waals surface area contributed by atoms with E-state index in [-0.39, 0.29) is 29.6 Å². The van der Waals surface area contributed by atoms with Crippen LogP contribution in [0.5, 0.6) is 0 Å². The number of rotatable bonds is 11. The molecule has 2 heterocycles. The highest BCUT2D eigenvalue weighted by atomic mass is 35.5. The SMILES string of the molecule is FC(F)=C(F)CCSc1nc(Cl)ns1.FC(F)=C(F)CCSc1nnc(SCC2CC2)s1. The number of hydrogen-bond donors (Lipinski definition) is 0. The highest BCUT2D eigenvalue weighted by Gasteiger charge is 2.22. The minimum Gasteiger partial charge on any atom is -0.206 e. The van der Waals surface area contributed by atoms with Crippen molar-refractivity contribution < 1.29 is 26.3 Å². The van der Waals surface area contributed by atoms with Crippen molar-refractivity contribution in [3.63, 3.8) is 0 Å². The number of aromatic nitrogens is 4. The van der Waals surface area contributed by atoms with Crippen molar-refractivity contribution in [2.45, 2.75) is 38.7 Å². The first kappa shape index (κ1) is 27.8. The van der Waals surface area contributed by atoms with E-state index in [1.54, 1.807) is 11.8 Å². The van der Waals surface area contributed by atoms with E-state index in [2.05, 4.69) is 19.6 Å². The van der Waals surface area contributed by atoms with Gasteiger partial charge >= 0.3 is 12.2 Å². The molecule has 0 aliphatic heterocycles. The zero-order chi connectivity index (χ0) is 23.5. The van der Waals surface area contributed by atoms with Gasteiger partial charge in [0.25, 0.3) is 0 Å². The van der Waals surface area contributed by atoms with Gasteiger partial charge in [0, 0.05) is 30.1 Å². The quantitative estimate of drug-likeness (QED) is 0.198. The Morgan fingerprint density at radius 1 is 0.844 bits per heavy atom. The van der Waals surface area contributed by atoms with Gasteiger partial charge in [0.05, 0.1) is 0 Å². The average molecular weight is 573 g/mol. The number of nitrogens with zero attached hydrogens (tertiary/aromatic N) is 4. The molecule has 4 nitrogen and oxygen atoms in total. The van der Waals surface area contributed by atoms with Gasteiger partial charge in [0.2, 0.25) is 5.28 Å². The molecule has 0 unspecified atom stereocenters. The first-order valence-corrected chi connectivity index (χ1v) is 13.8. The number of hydrogen-bond acceptors (Lipinski definition) is 9. The molecule has 1 aliphatic rings. The molecule has 178 valence electrons. The molecule has 0 saturated heterocycles. The molecule has 2 aromatic rings. The van der Waals surface area contributed by atoms with Gasteiger partial charge in [-0.25, -0.2) is 8.78 Å². The van der Waals surface area contributed by atoms with Crippen LogP contribution in [-0.2, 0) is 0 Å². The highest BCUT2D eigenvalue weighted by Crippen LogP contribution is 2.37. The van der Waals surface area contributed by atoms with E-state index in [0.717, 1.165) is 39.3 Å². The topological polar surface area (TPSA) is 51.6 Å². The molecule has 0 spiro atoms. The largest absolute Gasteiger partial charge is 0.301 e. The Balaban J connectivity index is 0.000000235. The fraction of sp³-hybridized carbons (Fsp3) is 0.500. The van der Waals surface area contributed by atoms with E-state index in [9.17, 15) is 26.3 Å². The Morgan fingerprint density at radius 3 is 1.84 bits per heavy atom. The molecule has 0 radical (unpaired) electrons. The van der Waals surface area contributed by atoms with E-state index in [1.807, 2.05) is 0 Å². The van der Waals surface area contributed by atoms with Crippen LogP contribution in [-0.4, -0.2) is 36.8 Å². The molecule has 0 bridgehead atoms. The molecule has 2 aromatic heterocycles. The van der Waals surface area contributed by atoms with Crippen molar-refractivity contribution in [1.29, 1.82) is 0 Å². The molecule has 1 fully saturated rings. The summed E-state index contributed by atoms with van der Waals surface area (Å²) in [5.74, 6) is -0.381. The van der Waals surface area contributed by atoms with Gasteiger partial charge in [-0.15, -0.1) is 10.2 Å². The van der Waals surface area contributed by atoms with Crippen molar-refractivity contribution in [1.82, 2.24) is 19.6 Å². The molecule has 0 aromatic carbocycles. The van der Waals surface area contributed by atoms with Crippen molar-refractivity contribution in [3.05, 3.63) is 29.1 Å². The van der Waals surface area contributed by atoms with Crippen LogP contribution in [0.25, 0.3) is 0 Å². The molecule has 0 N–H and O–H groups in total. The lowest BCUT2D eigenvalue weighted by Gasteiger charge is -1.94. The Labute approximate surface area is 205 Å². The van der Waals surface area contributed by atoms with Crippen LogP contribution in [0.1, 0.15) is 25.7 Å². The predicted octanol–water partition coefficient (Wildman–Crippen LogP) is 8.35. The third-order valence-electron chi connectivity index (χ3n) is 3.41. The lowest BCUT2D eigenvalue weighted by molar-refractivity contribution is 0.373. The normalized spacial score (nSPS) is 12.8. The Morgan fingerprint density at radius 2 is 1.38 bits per heavy atom. The maximum Gasteiger partial charge on any atom is 0.301 e. The summed E-state index contributed by atoms with van der Waals surface area (Å²) in [4.78, 5) is 3.76. The Hall–Kier alpha value is -0.480. The monoisotopic (exact) mass is 572 g/mol. The van der Waals surface area contributed by atoms with Gasteiger partial charge in [0.15, 0.2) is 24.7 Å². The van der Waals surface area contributed by atoms with Crippen LogP contribution < -0.4 is 0 Å². The lowest BCUT2D eigenvalue weighted by Crippen LogP contribution is -1.82. The summed E-state index contributed by atoms with van der Waals surface area (Å²) >= 11 is 12.0. The molecule has 32 heavy (non-hydrogen) atoms. The molecule has 16 heteroatoms. The maximum atomic E-state index is 12.5.